The highest BCUT2D eigenvalue weighted by Gasteiger charge is 2.35. The fourth-order valence-corrected chi connectivity index (χ4v) is 4.78. The fourth-order valence-electron chi connectivity index (χ4n) is 4.78. The molecule has 1 aliphatic carbocycles. The SMILES string of the molecule is COc1ccc([C@H](c2nnnn2C2CCCC2)N2CCC(C(N)=O)CC2)c(OC)c1. The van der Waals surface area contributed by atoms with Crippen LogP contribution in [-0.4, -0.2) is 58.3 Å². The van der Waals surface area contributed by atoms with Gasteiger partial charge in [-0.3, -0.25) is 9.69 Å². The number of hydrogen-bond acceptors (Lipinski definition) is 7. The Kier molecular flexibility index (Phi) is 6.17. The number of methoxy groups -OCH3 is 2. The lowest BCUT2D eigenvalue weighted by molar-refractivity contribution is -0.123. The molecular formula is C21H30N6O3. The fraction of sp³-hybridized carbons (Fsp3) is 0.619. The van der Waals surface area contributed by atoms with Gasteiger partial charge in [-0.1, -0.05) is 12.8 Å². The van der Waals surface area contributed by atoms with Crippen LogP contribution in [0.25, 0.3) is 0 Å². The van der Waals surface area contributed by atoms with Crippen molar-refractivity contribution in [3.63, 3.8) is 0 Å². The molecule has 0 unspecified atom stereocenters. The van der Waals surface area contributed by atoms with Gasteiger partial charge in [0.1, 0.15) is 17.5 Å². The molecule has 2 aromatic rings. The molecule has 2 heterocycles. The van der Waals surface area contributed by atoms with Crippen molar-refractivity contribution >= 4 is 5.91 Å². The highest BCUT2D eigenvalue weighted by molar-refractivity contribution is 5.76. The Morgan fingerprint density at radius 3 is 2.50 bits per heavy atom. The molecule has 1 saturated carbocycles. The molecule has 0 spiro atoms. The van der Waals surface area contributed by atoms with Crippen LogP contribution in [0.1, 0.15) is 62.0 Å². The maximum atomic E-state index is 11.7. The number of amides is 1. The van der Waals surface area contributed by atoms with E-state index in [-0.39, 0.29) is 17.9 Å². The first-order valence-electron chi connectivity index (χ1n) is 10.7. The van der Waals surface area contributed by atoms with Crippen molar-refractivity contribution in [3.8, 4) is 11.5 Å². The van der Waals surface area contributed by atoms with Gasteiger partial charge in [-0.25, -0.2) is 4.68 Å². The molecule has 0 radical (unpaired) electrons. The van der Waals surface area contributed by atoms with Gasteiger partial charge >= 0.3 is 0 Å². The number of carbonyl (C=O) groups is 1. The van der Waals surface area contributed by atoms with Gasteiger partial charge in [0.05, 0.1) is 20.3 Å². The summed E-state index contributed by atoms with van der Waals surface area (Å²) in [6.07, 6.45) is 6.04. The van der Waals surface area contributed by atoms with Gasteiger partial charge in [0.2, 0.25) is 5.91 Å². The summed E-state index contributed by atoms with van der Waals surface area (Å²) in [7, 11) is 3.30. The normalized spacial score (nSPS) is 19.7. The smallest absolute Gasteiger partial charge is 0.220 e. The Bertz CT molecular complexity index is 871. The lowest BCUT2D eigenvalue weighted by atomic mass is 9.93. The van der Waals surface area contributed by atoms with Crippen molar-refractivity contribution in [1.29, 1.82) is 0 Å². The van der Waals surface area contributed by atoms with Gasteiger partial charge in [0, 0.05) is 17.5 Å². The topological polar surface area (TPSA) is 108 Å². The molecule has 2 aliphatic rings. The minimum atomic E-state index is -0.219. The number of likely N-dealkylation sites (tertiary alicyclic amines) is 1. The number of ether oxygens (including phenoxy) is 2. The molecule has 30 heavy (non-hydrogen) atoms. The Morgan fingerprint density at radius 2 is 1.87 bits per heavy atom. The third-order valence-electron chi connectivity index (χ3n) is 6.47. The largest absolute Gasteiger partial charge is 0.497 e. The molecule has 0 bridgehead atoms. The Hall–Kier alpha value is -2.68. The highest BCUT2D eigenvalue weighted by atomic mass is 16.5. The Labute approximate surface area is 176 Å². The van der Waals surface area contributed by atoms with E-state index in [0.29, 0.717) is 6.04 Å². The van der Waals surface area contributed by atoms with Crippen LogP contribution < -0.4 is 15.2 Å². The van der Waals surface area contributed by atoms with Crippen LogP contribution in [-0.2, 0) is 4.79 Å². The summed E-state index contributed by atoms with van der Waals surface area (Å²) in [5.74, 6) is 1.99. The van der Waals surface area contributed by atoms with Crippen LogP contribution in [0.15, 0.2) is 18.2 Å². The summed E-state index contributed by atoms with van der Waals surface area (Å²) in [6.45, 7) is 1.48. The minimum Gasteiger partial charge on any atom is -0.497 e. The van der Waals surface area contributed by atoms with Gasteiger partial charge in [-0.2, -0.15) is 0 Å². The average molecular weight is 415 g/mol. The van der Waals surface area contributed by atoms with E-state index in [2.05, 4.69) is 20.4 Å². The molecule has 1 aromatic heterocycles. The second-order valence-electron chi connectivity index (χ2n) is 8.14. The van der Waals surface area contributed by atoms with E-state index in [1.807, 2.05) is 22.9 Å². The summed E-state index contributed by atoms with van der Waals surface area (Å²) in [6, 6.07) is 6.00. The van der Waals surface area contributed by atoms with E-state index in [0.717, 1.165) is 61.7 Å². The number of nitrogens with zero attached hydrogens (tertiary/aromatic N) is 5. The Balaban J connectivity index is 1.73. The number of primary amides is 1. The number of nitrogens with two attached hydrogens (primary N) is 1. The van der Waals surface area contributed by atoms with Crippen molar-refractivity contribution in [1.82, 2.24) is 25.1 Å². The number of aromatic nitrogens is 4. The zero-order valence-electron chi connectivity index (χ0n) is 17.7. The molecule has 2 N–H and O–H groups in total. The van der Waals surface area contributed by atoms with Gasteiger partial charge < -0.3 is 15.2 Å². The van der Waals surface area contributed by atoms with Crippen LogP contribution in [0.2, 0.25) is 0 Å². The average Bonchev–Trinajstić information content (AvgIpc) is 3.46. The van der Waals surface area contributed by atoms with Gasteiger partial charge in [0.25, 0.3) is 0 Å². The summed E-state index contributed by atoms with van der Waals surface area (Å²) in [4.78, 5) is 14.0. The summed E-state index contributed by atoms with van der Waals surface area (Å²) in [5.41, 5.74) is 6.54. The molecule has 162 valence electrons. The molecule has 4 rings (SSSR count). The molecule has 1 saturated heterocycles. The molecular weight excluding hydrogens is 384 g/mol. The van der Waals surface area contributed by atoms with Crippen molar-refractivity contribution in [2.75, 3.05) is 27.3 Å². The first-order valence-corrected chi connectivity index (χ1v) is 10.7. The van der Waals surface area contributed by atoms with E-state index in [4.69, 9.17) is 15.2 Å². The molecule has 1 aromatic carbocycles. The summed E-state index contributed by atoms with van der Waals surface area (Å²) < 4.78 is 13.1. The zero-order chi connectivity index (χ0) is 21.1. The second-order valence-corrected chi connectivity index (χ2v) is 8.14. The highest BCUT2D eigenvalue weighted by Crippen LogP contribution is 2.39. The number of carbonyl (C=O) groups excluding carboxylic acids is 1. The third kappa shape index (κ3) is 3.98. The van der Waals surface area contributed by atoms with Gasteiger partial charge in [-0.05, 0) is 61.3 Å². The first-order chi connectivity index (χ1) is 14.6. The zero-order valence-corrected chi connectivity index (χ0v) is 17.7. The van der Waals surface area contributed by atoms with E-state index >= 15 is 0 Å². The molecule has 2 fully saturated rings. The van der Waals surface area contributed by atoms with E-state index in [1.54, 1.807) is 14.2 Å². The number of tetrazole rings is 1. The lowest BCUT2D eigenvalue weighted by Gasteiger charge is -2.37. The maximum Gasteiger partial charge on any atom is 0.220 e. The van der Waals surface area contributed by atoms with Crippen molar-refractivity contribution < 1.29 is 14.3 Å². The summed E-state index contributed by atoms with van der Waals surface area (Å²) in [5, 5.41) is 12.9. The van der Waals surface area contributed by atoms with E-state index in [9.17, 15) is 4.79 Å². The quantitative estimate of drug-likeness (QED) is 0.739. The Morgan fingerprint density at radius 1 is 1.13 bits per heavy atom. The molecule has 1 atom stereocenters. The van der Waals surface area contributed by atoms with Gasteiger partial charge in [-0.15, -0.1) is 5.10 Å². The molecule has 9 nitrogen and oxygen atoms in total. The second kappa shape index (κ2) is 8.99. The predicted octanol–water partition coefficient (Wildman–Crippen LogP) is 2.09. The van der Waals surface area contributed by atoms with E-state index in [1.165, 1.54) is 12.8 Å². The molecule has 9 heteroatoms. The van der Waals surface area contributed by atoms with Crippen molar-refractivity contribution in [2.45, 2.75) is 50.6 Å². The monoisotopic (exact) mass is 414 g/mol. The third-order valence-corrected chi connectivity index (χ3v) is 6.47. The van der Waals surface area contributed by atoms with Crippen molar-refractivity contribution in [2.24, 2.45) is 11.7 Å². The maximum absolute atomic E-state index is 11.7. The van der Waals surface area contributed by atoms with Crippen LogP contribution >= 0.6 is 0 Å². The predicted molar refractivity (Wildman–Crippen MR) is 110 cm³/mol. The van der Waals surface area contributed by atoms with Crippen LogP contribution in [0, 0.1) is 5.92 Å². The number of rotatable bonds is 7. The van der Waals surface area contributed by atoms with Crippen molar-refractivity contribution in [3.05, 3.63) is 29.6 Å². The number of hydrogen-bond donors (Lipinski definition) is 1. The van der Waals surface area contributed by atoms with E-state index < -0.39 is 0 Å². The first kappa shape index (κ1) is 20.6. The lowest BCUT2D eigenvalue weighted by Crippen LogP contribution is -2.41. The standard InChI is InChI=1S/C21H30N6O3/c1-29-16-7-8-17(18(13-16)30-2)19(26-11-9-14(10-12-26)20(22)28)21-23-24-25-27(21)15-5-3-4-6-15/h7-8,13-15,19H,3-6,9-12H2,1-2H3,(H2,22,28)/t19-/m1/s1. The minimum absolute atomic E-state index is 0.0783. The number of piperidine rings is 1. The molecule has 1 amide bonds. The van der Waals surface area contributed by atoms with Crippen LogP contribution in [0.3, 0.4) is 0 Å². The van der Waals surface area contributed by atoms with Gasteiger partial charge in [0.15, 0.2) is 5.82 Å². The van der Waals surface area contributed by atoms with Crippen LogP contribution in [0.5, 0.6) is 11.5 Å². The number of benzene rings is 1. The molecule has 1 aliphatic heterocycles. The van der Waals surface area contributed by atoms with Crippen LogP contribution in [0.4, 0.5) is 0 Å². The summed E-state index contributed by atoms with van der Waals surface area (Å²) >= 11 is 0.